The van der Waals surface area contributed by atoms with Crippen molar-refractivity contribution in [3.05, 3.63) is 12.4 Å². The zero-order valence-corrected chi connectivity index (χ0v) is 4.08. The van der Waals surface area contributed by atoms with E-state index in [1.807, 2.05) is 0 Å². The Morgan fingerprint density at radius 1 is 1.86 bits per heavy atom. The summed E-state index contributed by atoms with van der Waals surface area (Å²) in [5, 5.41) is 2.50. The molecule has 7 heavy (non-hydrogen) atoms. The molecule has 0 radical (unpaired) electrons. The summed E-state index contributed by atoms with van der Waals surface area (Å²) in [7, 11) is 0. The molecule has 0 heterocycles. The van der Waals surface area contributed by atoms with Crippen LogP contribution in [-0.2, 0) is 0 Å². The van der Waals surface area contributed by atoms with Gasteiger partial charge in [0.25, 0.3) is 0 Å². The van der Waals surface area contributed by atoms with Gasteiger partial charge in [-0.1, -0.05) is 6.58 Å². The monoisotopic (exact) mass is 104 g/mol. The minimum Gasteiger partial charge on any atom is -0.386 e. The maximum atomic E-state index is 11.2. The third kappa shape index (κ3) is 5.27. The van der Waals surface area contributed by atoms with E-state index in [1.165, 1.54) is 0 Å². The van der Waals surface area contributed by atoms with Crippen molar-refractivity contribution in [2.24, 2.45) is 5.73 Å². The zero-order chi connectivity index (χ0) is 5.70. The number of alkyl halides is 1. The van der Waals surface area contributed by atoms with Gasteiger partial charge in [0.2, 0.25) is 0 Å². The van der Waals surface area contributed by atoms with E-state index in [0.29, 0.717) is 5.82 Å². The Morgan fingerprint density at radius 2 is 2.43 bits per heavy atom. The first-order valence-electron chi connectivity index (χ1n) is 2.01. The van der Waals surface area contributed by atoms with Gasteiger partial charge in [-0.2, -0.15) is 0 Å². The molecule has 2 nitrogen and oxygen atoms in total. The summed E-state index contributed by atoms with van der Waals surface area (Å²) in [6.07, 6.45) is 0. The van der Waals surface area contributed by atoms with Gasteiger partial charge in [0, 0.05) is 6.54 Å². The Labute approximate surface area is 42.2 Å². The van der Waals surface area contributed by atoms with Crippen LogP contribution in [0.3, 0.4) is 0 Å². The van der Waals surface area contributed by atoms with Crippen molar-refractivity contribution in [1.29, 1.82) is 0 Å². The lowest BCUT2D eigenvalue weighted by Crippen LogP contribution is -2.20. The molecule has 0 saturated carbocycles. The Kier molecular flexibility index (Phi) is 3.10. The molecular weight excluding hydrogens is 95.1 g/mol. The standard InChI is InChI=1S/C4H9FN2/c1-4(6)7-3-2-5/h7H,1-3,6H2. The van der Waals surface area contributed by atoms with E-state index < -0.39 is 6.67 Å². The third-order valence-corrected chi connectivity index (χ3v) is 0.447. The molecule has 0 saturated heterocycles. The van der Waals surface area contributed by atoms with Gasteiger partial charge >= 0.3 is 0 Å². The first-order valence-corrected chi connectivity index (χ1v) is 2.01. The third-order valence-electron chi connectivity index (χ3n) is 0.447. The van der Waals surface area contributed by atoms with Crippen LogP contribution in [0.2, 0.25) is 0 Å². The van der Waals surface area contributed by atoms with Gasteiger partial charge in [-0.05, 0) is 0 Å². The van der Waals surface area contributed by atoms with Crippen LogP contribution in [0, 0.1) is 0 Å². The van der Waals surface area contributed by atoms with Gasteiger partial charge in [-0.15, -0.1) is 0 Å². The molecule has 0 amide bonds. The second kappa shape index (κ2) is 3.46. The van der Waals surface area contributed by atoms with Crippen LogP contribution in [0.5, 0.6) is 0 Å². The largest absolute Gasteiger partial charge is 0.386 e. The second-order valence-electron chi connectivity index (χ2n) is 1.14. The van der Waals surface area contributed by atoms with Crippen LogP contribution in [0.1, 0.15) is 0 Å². The van der Waals surface area contributed by atoms with E-state index in [1.54, 1.807) is 0 Å². The minimum atomic E-state index is -0.407. The number of nitrogens with one attached hydrogen (secondary N) is 1. The van der Waals surface area contributed by atoms with Crippen LogP contribution in [0.25, 0.3) is 0 Å². The summed E-state index contributed by atoms with van der Waals surface area (Å²) in [6.45, 7) is 3.15. The fourth-order valence-electron chi connectivity index (χ4n) is 0.208. The van der Waals surface area contributed by atoms with Gasteiger partial charge in [0.1, 0.15) is 6.67 Å². The molecule has 42 valence electrons. The van der Waals surface area contributed by atoms with Crippen molar-refractivity contribution < 1.29 is 4.39 Å². The van der Waals surface area contributed by atoms with Crippen molar-refractivity contribution in [1.82, 2.24) is 5.32 Å². The number of halogens is 1. The van der Waals surface area contributed by atoms with E-state index in [0.717, 1.165) is 0 Å². The molecule has 0 aliphatic rings. The lowest BCUT2D eigenvalue weighted by atomic mass is 10.7. The van der Waals surface area contributed by atoms with Crippen LogP contribution < -0.4 is 11.1 Å². The molecule has 0 aromatic heterocycles. The van der Waals surface area contributed by atoms with E-state index in [9.17, 15) is 4.39 Å². The topological polar surface area (TPSA) is 38.0 Å². The summed E-state index contributed by atoms with van der Waals surface area (Å²) in [5.74, 6) is 0.317. The molecule has 3 heteroatoms. The Bertz CT molecular complexity index is 62.7. The molecule has 0 aliphatic heterocycles. The van der Waals surface area contributed by atoms with Gasteiger partial charge in [0.15, 0.2) is 0 Å². The highest BCUT2D eigenvalue weighted by Crippen LogP contribution is 1.66. The first kappa shape index (κ1) is 6.27. The van der Waals surface area contributed by atoms with Gasteiger partial charge in [-0.3, -0.25) is 0 Å². The van der Waals surface area contributed by atoms with Crippen LogP contribution in [0.15, 0.2) is 12.4 Å². The molecule has 3 N–H and O–H groups in total. The Morgan fingerprint density at radius 3 is 2.57 bits per heavy atom. The minimum absolute atomic E-state index is 0.259. The summed E-state index contributed by atoms with van der Waals surface area (Å²) in [4.78, 5) is 0. The molecular formula is C4H9FN2. The molecule has 0 aliphatic carbocycles. The van der Waals surface area contributed by atoms with E-state index in [2.05, 4.69) is 11.9 Å². The van der Waals surface area contributed by atoms with Gasteiger partial charge < -0.3 is 11.1 Å². The molecule has 0 spiro atoms. The molecule has 0 atom stereocenters. The van der Waals surface area contributed by atoms with Crippen LogP contribution in [-0.4, -0.2) is 13.2 Å². The average Bonchev–Trinajstić information content (AvgIpc) is 1.61. The highest BCUT2D eigenvalue weighted by molar-refractivity contribution is 4.81. The van der Waals surface area contributed by atoms with Gasteiger partial charge in [-0.25, -0.2) is 4.39 Å². The molecule has 0 unspecified atom stereocenters. The normalized spacial score (nSPS) is 8.14. The molecule has 0 aromatic rings. The molecule has 0 fully saturated rings. The van der Waals surface area contributed by atoms with Crippen LogP contribution >= 0.6 is 0 Å². The Hall–Kier alpha value is -0.730. The molecule has 0 bridgehead atoms. The number of hydrogen-bond donors (Lipinski definition) is 2. The summed E-state index contributed by atoms with van der Waals surface area (Å²) < 4.78 is 11.2. The summed E-state index contributed by atoms with van der Waals surface area (Å²) in [5.41, 5.74) is 5.01. The summed E-state index contributed by atoms with van der Waals surface area (Å²) in [6, 6.07) is 0. The van der Waals surface area contributed by atoms with Gasteiger partial charge in [0.05, 0.1) is 5.82 Å². The number of nitrogens with two attached hydrogens (primary N) is 1. The van der Waals surface area contributed by atoms with Crippen molar-refractivity contribution in [3.8, 4) is 0 Å². The highest BCUT2D eigenvalue weighted by atomic mass is 19.1. The highest BCUT2D eigenvalue weighted by Gasteiger charge is 1.79. The Balaban J connectivity index is 2.82. The smallest absolute Gasteiger partial charge is 0.107 e. The lowest BCUT2D eigenvalue weighted by Gasteiger charge is -1.97. The zero-order valence-electron chi connectivity index (χ0n) is 4.08. The summed E-state index contributed by atoms with van der Waals surface area (Å²) >= 11 is 0. The molecule has 0 rings (SSSR count). The van der Waals surface area contributed by atoms with Crippen molar-refractivity contribution in [2.45, 2.75) is 0 Å². The van der Waals surface area contributed by atoms with E-state index in [4.69, 9.17) is 5.73 Å². The van der Waals surface area contributed by atoms with Crippen LogP contribution in [0.4, 0.5) is 4.39 Å². The lowest BCUT2D eigenvalue weighted by molar-refractivity contribution is 0.481. The maximum Gasteiger partial charge on any atom is 0.107 e. The predicted octanol–water partition coefficient (Wildman–Crippen LogP) is -0.0246. The van der Waals surface area contributed by atoms with E-state index in [-0.39, 0.29) is 6.54 Å². The quantitative estimate of drug-likeness (QED) is 0.528. The van der Waals surface area contributed by atoms with Crippen molar-refractivity contribution in [3.63, 3.8) is 0 Å². The van der Waals surface area contributed by atoms with E-state index >= 15 is 0 Å². The SMILES string of the molecule is C=C(N)NCCF. The second-order valence-corrected chi connectivity index (χ2v) is 1.14. The van der Waals surface area contributed by atoms with Crippen molar-refractivity contribution in [2.75, 3.05) is 13.2 Å². The number of rotatable bonds is 3. The predicted molar refractivity (Wildman–Crippen MR) is 27.3 cm³/mol. The average molecular weight is 104 g/mol. The van der Waals surface area contributed by atoms with Crippen molar-refractivity contribution >= 4 is 0 Å². The molecule has 0 aromatic carbocycles. The maximum absolute atomic E-state index is 11.2. The fourth-order valence-corrected chi connectivity index (χ4v) is 0.208. The number of hydrogen-bond acceptors (Lipinski definition) is 2. The first-order chi connectivity index (χ1) is 3.27. The fraction of sp³-hybridized carbons (Fsp3) is 0.500.